The van der Waals surface area contributed by atoms with Crippen LogP contribution < -0.4 is 0 Å². The lowest BCUT2D eigenvalue weighted by Gasteiger charge is -2.07. The van der Waals surface area contributed by atoms with E-state index in [2.05, 4.69) is 60.8 Å². The summed E-state index contributed by atoms with van der Waals surface area (Å²) in [7, 11) is 0. The van der Waals surface area contributed by atoms with Crippen LogP contribution in [0.4, 0.5) is 0 Å². The molecule has 0 amide bonds. The lowest BCUT2D eigenvalue weighted by atomic mass is 9.99. The minimum absolute atomic E-state index is 0.672. The second-order valence-corrected chi connectivity index (χ2v) is 3.74. The van der Waals surface area contributed by atoms with Crippen molar-refractivity contribution in [2.45, 2.75) is 41.5 Å². The molecule has 0 radical (unpaired) electrons. The number of rotatable bonds is 2. The molecule has 13 heavy (non-hydrogen) atoms. The largest absolute Gasteiger partial charge is 0.106 e. The van der Waals surface area contributed by atoms with Crippen molar-refractivity contribution < 1.29 is 0 Å². The monoisotopic (exact) mass is 180 g/mol. The normalized spacial score (nSPS) is 11.3. The highest BCUT2D eigenvalue weighted by Crippen LogP contribution is 2.15. The van der Waals surface area contributed by atoms with E-state index in [1.807, 2.05) is 0 Å². The summed E-state index contributed by atoms with van der Waals surface area (Å²) in [6.07, 6.45) is 2.25. The topological polar surface area (TPSA) is 0 Å². The van der Waals surface area contributed by atoms with Crippen LogP contribution in [0.3, 0.4) is 0 Å². The van der Waals surface area contributed by atoms with E-state index in [1.165, 1.54) is 16.7 Å². The molecule has 0 rings (SSSR count). The van der Waals surface area contributed by atoms with E-state index in [4.69, 9.17) is 0 Å². The molecule has 0 aromatic heterocycles. The van der Waals surface area contributed by atoms with E-state index < -0.39 is 0 Å². The van der Waals surface area contributed by atoms with Gasteiger partial charge in [-0.1, -0.05) is 36.6 Å². The van der Waals surface area contributed by atoms with Crippen molar-refractivity contribution in [2.75, 3.05) is 0 Å². The highest BCUT2D eigenvalue weighted by molar-refractivity contribution is 5.25. The molecule has 0 aliphatic carbocycles. The Morgan fingerprint density at radius 1 is 1.00 bits per heavy atom. The molecule has 0 nitrogen and oxygen atoms in total. The van der Waals surface area contributed by atoms with Gasteiger partial charge in [0.05, 0.1) is 0 Å². The average Bonchev–Trinajstić information content (AvgIpc) is 2.05. The lowest BCUT2D eigenvalue weighted by Crippen LogP contribution is -1.91. The average molecular weight is 180 g/mol. The lowest BCUT2D eigenvalue weighted by molar-refractivity contribution is 0.760. The molecule has 0 fully saturated rings. The van der Waals surface area contributed by atoms with Crippen molar-refractivity contribution in [1.82, 2.24) is 0 Å². The van der Waals surface area contributed by atoms with Crippen LogP contribution in [0.1, 0.15) is 41.5 Å². The Kier molecular flexibility index (Phi) is 8.89. The van der Waals surface area contributed by atoms with Crippen LogP contribution in [0, 0.1) is 5.92 Å². The number of allylic oxidation sites excluding steroid dienone is 4. The molecule has 0 bridgehead atoms. The first-order chi connectivity index (χ1) is 5.95. The first-order valence-corrected chi connectivity index (χ1v) is 4.77. The molecule has 76 valence electrons. The zero-order valence-electron chi connectivity index (χ0n) is 10.1. The summed E-state index contributed by atoms with van der Waals surface area (Å²) < 4.78 is 0. The molecule has 0 heterocycles. The first-order valence-electron chi connectivity index (χ1n) is 4.77. The van der Waals surface area contributed by atoms with E-state index in [-0.39, 0.29) is 0 Å². The van der Waals surface area contributed by atoms with Gasteiger partial charge in [0.25, 0.3) is 0 Å². The fourth-order valence-electron chi connectivity index (χ4n) is 1.00. The van der Waals surface area contributed by atoms with E-state index in [1.54, 1.807) is 0 Å². The zero-order chi connectivity index (χ0) is 11.0. The molecule has 0 spiro atoms. The summed E-state index contributed by atoms with van der Waals surface area (Å²) in [5, 5.41) is 0. The highest BCUT2D eigenvalue weighted by atomic mass is 14.0. The predicted octanol–water partition coefficient (Wildman–Crippen LogP) is 4.75. The summed E-state index contributed by atoms with van der Waals surface area (Å²) in [5.74, 6) is 0.672. The third kappa shape index (κ3) is 7.58. The van der Waals surface area contributed by atoms with Crippen molar-refractivity contribution in [3.8, 4) is 0 Å². The van der Waals surface area contributed by atoms with Crippen LogP contribution in [-0.2, 0) is 0 Å². The molecule has 0 aromatic rings. The Morgan fingerprint density at radius 2 is 1.38 bits per heavy atom. The van der Waals surface area contributed by atoms with Crippen LogP contribution in [0.5, 0.6) is 0 Å². The smallest absolute Gasteiger partial charge is 0.0257 e. The molecule has 0 aliphatic heterocycles. The summed E-state index contributed by atoms with van der Waals surface area (Å²) in [5.41, 5.74) is 4.29. The minimum atomic E-state index is 0.672. The molecular weight excluding hydrogens is 156 g/mol. The molecule has 0 heteroatoms. The standard InChI is InChI=1S/C11H20.C2H4/c1-8(2)7-10(5)11(6)9(3)4;1-2/h7,9H,1-6H3;1-2H2/b11-10+;. The summed E-state index contributed by atoms with van der Waals surface area (Å²) in [6, 6.07) is 0. The number of hydrogen-bond acceptors (Lipinski definition) is 0. The molecular formula is C13H24. The van der Waals surface area contributed by atoms with Gasteiger partial charge in [0.2, 0.25) is 0 Å². The maximum absolute atomic E-state index is 3.00. The Morgan fingerprint density at radius 3 is 1.62 bits per heavy atom. The third-order valence-electron chi connectivity index (χ3n) is 1.99. The molecule has 0 aliphatic rings. The van der Waals surface area contributed by atoms with Crippen molar-refractivity contribution in [3.63, 3.8) is 0 Å². The van der Waals surface area contributed by atoms with Gasteiger partial charge in [0.15, 0.2) is 0 Å². The van der Waals surface area contributed by atoms with E-state index >= 15 is 0 Å². The molecule has 0 saturated carbocycles. The van der Waals surface area contributed by atoms with Gasteiger partial charge in [-0.25, -0.2) is 0 Å². The molecule has 0 N–H and O–H groups in total. The highest BCUT2D eigenvalue weighted by Gasteiger charge is 1.98. The molecule has 0 atom stereocenters. The summed E-state index contributed by atoms with van der Waals surface area (Å²) in [4.78, 5) is 0. The Bertz CT molecular complexity index is 188. The third-order valence-corrected chi connectivity index (χ3v) is 1.99. The van der Waals surface area contributed by atoms with Crippen LogP contribution in [0.15, 0.2) is 36.0 Å². The van der Waals surface area contributed by atoms with Crippen molar-refractivity contribution in [2.24, 2.45) is 5.92 Å². The Labute approximate surface area is 84.1 Å². The van der Waals surface area contributed by atoms with E-state index in [0.29, 0.717) is 5.92 Å². The molecule has 0 saturated heterocycles. The molecule has 0 aromatic carbocycles. The molecule has 0 unspecified atom stereocenters. The zero-order valence-corrected chi connectivity index (χ0v) is 10.1. The van der Waals surface area contributed by atoms with Gasteiger partial charge in [0, 0.05) is 0 Å². The maximum Gasteiger partial charge on any atom is -0.0257 e. The van der Waals surface area contributed by atoms with Crippen LogP contribution in [-0.4, -0.2) is 0 Å². The minimum Gasteiger partial charge on any atom is -0.106 e. The van der Waals surface area contributed by atoms with Crippen LogP contribution in [0.25, 0.3) is 0 Å². The fourth-order valence-corrected chi connectivity index (χ4v) is 1.00. The van der Waals surface area contributed by atoms with Crippen molar-refractivity contribution in [1.29, 1.82) is 0 Å². The van der Waals surface area contributed by atoms with Gasteiger partial charge >= 0.3 is 0 Å². The van der Waals surface area contributed by atoms with Crippen LogP contribution in [0.2, 0.25) is 0 Å². The predicted molar refractivity (Wildman–Crippen MR) is 63.9 cm³/mol. The fraction of sp³-hybridized carbons (Fsp3) is 0.538. The van der Waals surface area contributed by atoms with Gasteiger partial charge in [-0.15, -0.1) is 13.2 Å². The van der Waals surface area contributed by atoms with Crippen molar-refractivity contribution in [3.05, 3.63) is 36.0 Å². The van der Waals surface area contributed by atoms with Gasteiger partial charge in [-0.2, -0.15) is 0 Å². The Hall–Kier alpha value is -0.780. The first kappa shape index (κ1) is 14.7. The van der Waals surface area contributed by atoms with Gasteiger partial charge < -0.3 is 0 Å². The maximum atomic E-state index is 3.00. The summed E-state index contributed by atoms with van der Waals surface area (Å²) in [6.45, 7) is 19.1. The summed E-state index contributed by atoms with van der Waals surface area (Å²) >= 11 is 0. The van der Waals surface area contributed by atoms with Gasteiger partial charge in [-0.3, -0.25) is 0 Å². The second kappa shape index (κ2) is 7.85. The SMILES string of the molecule is C=C.CC(C)=C/C(C)=C(\C)C(C)C. The quantitative estimate of drug-likeness (QED) is 0.425. The second-order valence-electron chi connectivity index (χ2n) is 3.74. The van der Waals surface area contributed by atoms with E-state index in [9.17, 15) is 0 Å². The van der Waals surface area contributed by atoms with Crippen molar-refractivity contribution >= 4 is 0 Å². The van der Waals surface area contributed by atoms with E-state index in [0.717, 1.165) is 0 Å². The van der Waals surface area contributed by atoms with Gasteiger partial charge in [0.1, 0.15) is 0 Å². The van der Waals surface area contributed by atoms with Crippen LogP contribution >= 0.6 is 0 Å². The Balaban J connectivity index is 0. The number of hydrogen-bond donors (Lipinski definition) is 0. The van der Waals surface area contributed by atoms with Gasteiger partial charge in [-0.05, 0) is 33.6 Å².